The largest absolute Gasteiger partial charge is 0.381 e. The van der Waals surface area contributed by atoms with Gasteiger partial charge in [0.25, 0.3) is 0 Å². The maximum atomic E-state index is 11.6. The molecule has 0 aromatic rings. The molecule has 1 fully saturated rings. The fourth-order valence-electron chi connectivity index (χ4n) is 2.23. The Balaban J connectivity index is 2.22. The number of piperidine rings is 1. The summed E-state index contributed by atoms with van der Waals surface area (Å²) in [4.78, 5) is 11.6. The van der Waals surface area contributed by atoms with Crippen molar-refractivity contribution >= 4 is 5.91 Å². The van der Waals surface area contributed by atoms with E-state index in [-0.39, 0.29) is 11.3 Å². The molecule has 0 saturated carbocycles. The molecule has 1 heterocycles. The summed E-state index contributed by atoms with van der Waals surface area (Å²) in [7, 11) is 0. The number of rotatable bonds is 6. The van der Waals surface area contributed by atoms with Gasteiger partial charge in [0.2, 0.25) is 5.91 Å². The zero-order valence-corrected chi connectivity index (χ0v) is 11.3. The summed E-state index contributed by atoms with van der Waals surface area (Å²) in [5.41, 5.74) is 0.269. The Morgan fingerprint density at radius 3 is 2.94 bits per heavy atom. The highest BCUT2D eigenvalue weighted by Crippen LogP contribution is 2.29. The molecule has 1 rings (SSSR count). The van der Waals surface area contributed by atoms with Gasteiger partial charge in [-0.3, -0.25) is 4.79 Å². The Morgan fingerprint density at radius 2 is 2.29 bits per heavy atom. The lowest BCUT2D eigenvalue weighted by molar-refractivity contribution is -0.122. The van der Waals surface area contributed by atoms with Gasteiger partial charge in [-0.15, -0.1) is 0 Å². The van der Waals surface area contributed by atoms with E-state index in [2.05, 4.69) is 24.5 Å². The zero-order chi connectivity index (χ0) is 12.7. The molecule has 0 bridgehead atoms. The number of hydrogen-bond donors (Lipinski definition) is 2. The van der Waals surface area contributed by atoms with Crippen molar-refractivity contribution in [3.8, 4) is 0 Å². The van der Waals surface area contributed by atoms with Gasteiger partial charge in [-0.1, -0.05) is 13.8 Å². The zero-order valence-electron chi connectivity index (χ0n) is 11.3. The number of amides is 1. The van der Waals surface area contributed by atoms with Gasteiger partial charge in [0.1, 0.15) is 0 Å². The summed E-state index contributed by atoms with van der Waals surface area (Å²) in [6.45, 7) is 9.42. The molecule has 1 aliphatic rings. The first-order valence-corrected chi connectivity index (χ1v) is 6.64. The van der Waals surface area contributed by atoms with Crippen molar-refractivity contribution in [2.45, 2.75) is 46.1 Å². The highest BCUT2D eigenvalue weighted by Gasteiger charge is 2.31. The third-order valence-electron chi connectivity index (χ3n) is 3.51. The lowest BCUT2D eigenvalue weighted by Crippen LogP contribution is -2.52. The van der Waals surface area contributed by atoms with E-state index in [1.165, 1.54) is 12.8 Å². The maximum absolute atomic E-state index is 11.6. The van der Waals surface area contributed by atoms with Crippen LogP contribution in [0.25, 0.3) is 0 Å². The lowest BCUT2D eigenvalue weighted by atomic mass is 9.77. The van der Waals surface area contributed by atoms with Crippen LogP contribution >= 0.6 is 0 Å². The second-order valence-electron chi connectivity index (χ2n) is 5.35. The predicted octanol–water partition coefficient (Wildman–Crippen LogP) is 1.31. The van der Waals surface area contributed by atoms with E-state index in [4.69, 9.17) is 4.74 Å². The van der Waals surface area contributed by atoms with Crippen molar-refractivity contribution in [3.63, 3.8) is 0 Å². The molecule has 17 heavy (non-hydrogen) atoms. The maximum Gasteiger partial charge on any atom is 0.222 e. The van der Waals surface area contributed by atoms with E-state index in [0.717, 1.165) is 13.1 Å². The number of carbonyl (C=O) groups excluding carboxylic acids is 1. The quantitative estimate of drug-likeness (QED) is 0.690. The average molecular weight is 242 g/mol. The first-order valence-electron chi connectivity index (χ1n) is 6.64. The van der Waals surface area contributed by atoms with Crippen LogP contribution in [0.1, 0.15) is 40.0 Å². The van der Waals surface area contributed by atoms with E-state index in [9.17, 15) is 4.79 Å². The molecular formula is C13H26N2O2. The fourth-order valence-corrected chi connectivity index (χ4v) is 2.23. The molecule has 4 nitrogen and oxygen atoms in total. The molecule has 0 spiro atoms. The minimum Gasteiger partial charge on any atom is -0.381 e. The SMILES string of the molecule is CCOCCC(=O)NCC1NCCCC1(C)C. The van der Waals surface area contributed by atoms with Gasteiger partial charge in [0, 0.05) is 25.6 Å². The Morgan fingerprint density at radius 1 is 1.53 bits per heavy atom. The molecule has 1 atom stereocenters. The average Bonchev–Trinajstić information content (AvgIpc) is 2.27. The van der Waals surface area contributed by atoms with E-state index in [1.54, 1.807) is 0 Å². The summed E-state index contributed by atoms with van der Waals surface area (Å²) in [5, 5.41) is 6.47. The van der Waals surface area contributed by atoms with Gasteiger partial charge in [-0.05, 0) is 31.7 Å². The first-order chi connectivity index (χ1) is 8.06. The highest BCUT2D eigenvalue weighted by molar-refractivity contribution is 5.75. The van der Waals surface area contributed by atoms with Gasteiger partial charge < -0.3 is 15.4 Å². The second-order valence-corrected chi connectivity index (χ2v) is 5.35. The van der Waals surface area contributed by atoms with Crippen LogP contribution in [0.15, 0.2) is 0 Å². The Labute approximate surface area is 104 Å². The van der Waals surface area contributed by atoms with E-state index >= 15 is 0 Å². The van der Waals surface area contributed by atoms with E-state index in [0.29, 0.717) is 25.7 Å². The highest BCUT2D eigenvalue weighted by atomic mass is 16.5. The van der Waals surface area contributed by atoms with Crippen LogP contribution in [-0.2, 0) is 9.53 Å². The number of ether oxygens (including phenoxy) is 1. The summed E-state index contributed by atoms with van der Waals surface area (Å²) in [6.07, 6.45) is 2.91. The Kier molecular flexibility index (Phi) is 5.92. The first kappa shape index (κ1) is 14.5. The molecule has 1 amide bonds. The topological polar surface area (TPSA) is 50.4 Å². The van der Waals surface area contributed by atoms with Gasteiger partial charge in [-0.2, -0.15) is 0 Å². The molecule has 4 heteroatoms. The molecule has 0 aliphatic carbocycles. The normalized spacial score (nSPS) is 23.4. The van der Waals surface area contributed by atoms with Crippen LogP contribution < -0.4 is 10.6 Å². The van der Waals surface area contributed by atoms with Crippen LogP contribution in [0.2, 0.25) is 0 Å². The van der Waals surface area contributed by atoms with Crippen LogP contribution in [0.5, 0.6) is 0 Å². The van der Waals surface area contributed by atoms with Crippen molar-refractivity contribution in [2.75, 3.05) is 26.3 Å². The fraction of sp³-hybridized carbons (Fsp3) is 0.923. The third-order valence-corrected chi connectivity index (χ3v) is 3.51. The van der Waals surface area contributed by atoms with Gasteiger partial charge in [-0.25, -0.2) is 0 Å². The molecule has 100 valence electrons. The van der Waals surface area contributed by atoms with Gasteiger partial charge >= 0.3 is 0 Å². The van der Waals surface area contributed by atoms with Gasteiger partial charge in [0.15, 0.2) is 0 Å². The van der Waals surface area contributed by atoms with Crippen LogP contribution in [0, 0.1) is 5.41 Å². The monoisotopic (exact) mass is 242 g/mol. The van der Waals surface area contributed by atoms with Crippen molar-refractivity contribution in [1.29, 1.82) is 0 Å². The van der Waals surface area contributed by atoms with Crippen LogP contribution in [0.3, 0.4) is 0 Å². The molecule has 2 N–H and O–H groups in total. The molecule has 0 aromatic carbocycles. The van der Waals surface area contributed by atoms with Crippen molar-refractivity contribution in [2.24, 2.45) is 5.41 Å². The molecule has 0 aromatic heterocycles. The van der Waals surface area contributed by atoms with Gasteiger partial charge in [0.05, 0.1) is 6.61 Å². The Hall–Kier alpha value is -0.610. The molecule has 1 saturated heterocycles. The number of nitrogens with one attached hydrogen (secondary N) is 2. The lowest BCUT2D eigenvalue weighted by Gasteiger charge is -2.39. The number of carbonyl (C=O) groups is 1. The predicted molar refractivity (Wildman–Crippen MR) is 68.9 cm³/mol. The van der Waals surface area contributed by atoms with Crippen molar-refractivity contribution in [3.05, 3.63) is 0 Å². The molecular weight excluding hydrogens is 216 g/mol. The third kappa shape index (κ3) is 5.04. The molecule has 0 radical (unpaired) electrons. The van der Waals surface area contributed by atoms with Crippen LogP contribution in [-0.4, -0.2) is 38.3 Å². The Bertz CT molecular complexity index is 242. The van der Waals surface area contributed by atoms with E-state index < -0.39 is 0 Å². The van der Waals surface area contributed by atoms with E-state index in [1.807, 2.05) is 6.92 Å². The number of hydrogen-bond acceptors (Lipinski definition) is 3. The summed E-state index contributed by atoms with van der Waals surface area (Å²) < 4.78 is 5.16. The smallest absolute Gasteiger partial charge is 0.222 e. The minimum absolute atomic E-state index is 0.0848. The summed E-state index contributed by atoms with van der Waals surface area (Å²) in [5.74, 6) is 0.0848. The standard InChI is InChI=1S/C13H26N2O2/c1-4-17-9-6-12(16)15-10-11-13(2,3)7-5-8-14-11/h11,14H,4-10H2,1-3H3,(H,15,16). The minimum atomic E-state index is 0.0848. The van der Waals surface area contributed by atoms with Crippen molar-refractivity contribution < 1.29 is 9.53 Å². The van der Waals surface area contributed by atoms with Crippen molar-refractivity contribution in [1.82, 2.24) is 10.6 Å². The van der Waals surface area contributed by atoms with Crippen LogP contribution in [0.4, 0.5) is 0 Å². The molecule has 1 aliphatic heterocycles. The molecule has 1 unspecified atom stereocenters. The second kappa shape index (κ2) is 6.97. The summed E-state index contributed by atoms with van der Waals surface area (Å²) in [6, 6.07) is 0.382. The summed E-state index contributed by atoms with van der Waals surface area (Å²) >= 11 is 0.